The highest BCUT2D eigenvalue weighted by Crippen LogP contribution is 2.37. The zero-order chi connectivity index (χ0) is 19.8. The summed E-state index contributed by atoms with van der Waals surface area (Å²) in [6.45, 7) is 0. The molecule has 0 spiro atoms. The molecule has 2 fully saturated rings. The molecule has 2 heterocycles. The lowest BCUT2D eigenvalue weighted by atomic mass is 9.99. The number of sulfone groups is 2. The second-order valence-corrected chi connectivity index (χ2v) is 11.3. The molecule has 0 saturated carbocycles. The molecule has 0 aliphatic carbocycles. The molecule has 0 aromatic heterocycles. The van der Waals surface area contributed by atoms with Gasteiger partial charge in [0.1, 0.15) is 0 Å². The highest BCUT2D eigenvalue weighted by atomic mass is 32.2. The van der Waals surface area contributed by atoms with E-state index in [1.807, 2.05) is 0 Å². The lowest BCUT2D eigenvalue weighted by Gasteiger charge is -2.41. The molecule has 2 aromatic rings. The van der Waals surface area contributed by atoms with E-state index in [4.69, 9.17) is 9.47 Å². The molecule has 2 saturated heterocycles. The molecule has 28 heavy (non-hydrogen) atoms. The van der Waals surface area contributed by atoms with Crippen LogP contribution in [0.4, 0.5) is 0 Å². The van der Waals surface area contributed by atoms with Crippen LogP contribution in [0.5, 0.6) is 0 Å². The normalized spacial score (nSPS) is 28.4. The van der Waals surface area contributed by atoms with Crippen molar-refractivity contribution in [2.45, 2.75) is 58.6 Å². The first kappa shape index (κ1) is 19.6. The van der Waals surface area contributed by atoms with Crippen LogP contribution < -0.4 is 0 Å². The Labute approximate surface area is 165 Å². The maximum absolute atomic E-state index is 12.8. The summed E-state index contributed by atoms with van der Waals surface area (Å²) in [5.41, 5.74) is -1.86. The van der Waals surface area contributed by atoms with Crippen molar-refractivity contribution in [1.82, 2.24) is 0 Å². The van der Waals surface area contributed by atoms with Crippen molar-refractivity contribution in [1.29, 1.82) is 0 Å². The first-order valence-corrected chi connectivity index (χ1v) is 12.4. The van der Waals surface area contributed by atoms with Gasteiger partial charge in [-0.2, -0.15) is 0 Å². The third-order valence-electron chi connectivity index (χ3n) is 5.28. The van der Waals surface area contributed by atoms with E-state index in [0.29, 0.717) is 12.8 Å². The molecule has 8 heteroatoms. The maximum Gasteiger partial charge on any atom is 0.205 e. The van der Waals surface area contributed by atoms with Gasteiger partial charge in [-0.05, 0) is 49.9 Å². The lowest BCUT2D eigenvalue weighted by Crippen LogP contribution is -2.49. The summed E-state index contributed by atoms with van der Waals surface area (Å²) in [5, 5.41) is 0. The number of rotatable bonds is 4. The minimum Gasteiger partial charge on any atom is -0.356 e. The standard InChI is InChI=1S/C20H22O6S2/c21-27(22,15-7-3-1-4-8-15)19-13-11-18-17(25-19)12-14-20(26-18)28(23,24)16-9-5-2-6-10-16/h1-10,17-20H,11-14H2/t17-,18-,19-,20?/m1/s1. The van der Waals surface area contributed by atoms with E-state index in [-0.39, 0.29) is 22.6 Å². The van der Waals surface area contributed by atoms with E-state index >= 15 is 0 Å². The van der Waals surface area contributed by atoms with Gasteiger partial charge in [0.25, 0.3) is 0 Å². The molecule has 2 aliphatic heterocycles. The smallest absolute Gasteiger partial charge is 0.205 e. The van der Waals surface area contributed by atoms with E-state index in [0.717, 1.165) is 0 Å². The predicted molar refractivity (Wildman–Crippen MR) is 103 cm³/mol. The summed E-state index contributed by atoms with van der Waals surface area (Å²) < 4.78 is 63.0. The molecule has 0 radical (unpaired) electrons. The van der Waals surface area contributed by atoms with E-state index in [2.05, 4.69) is 0 Å². The van der Waals surface area contributed by atoms with Crippen LogP contribution in [-0.2, 0) is 29.1 Å². The number of ether oxygens (including phenoxy) is 2. The van der Waals surface area contributed by atoms with Gasteiger partial charge < -0.3 is 9.47 Å². The van der Waals surface area contributed by atoms with Gasteiger partial charge in [-0.1, -0.05) is 36.4 Å². The molecule has 4 rings (SSSR count). The molecular weight excluding hydrogens is 400 g/mol. The highest BCUT2D eigenvalue weighted by molar-refractivity contribution is 7.92. The molecule has 1 unspecified atom stereocenters. The summed E-state index contributed by atoms with van der Waals surface area (Å²) in [5.74, 6) is 0. The predicted octanol–water partition coefficient (Wildman–Crippen LogP) is 2.94. The molecule has 6 nitrogen and oxygen atoms in total. The fourth-order valence-electron chi connectivity index (χ4n) is 3.79. The Bertz CT molecular complexity index is 933. The Hall–Kier alpha value is -1.74. The van der Waals surface area contributed by atoms with Crippen LogP contribution in [0.1, 0.15) is 25.7 Å². The number of hydrogen-bond acceptors (Lipinski definition) is 6. The first-order valence-electron chi connectivity index (χ1n) is 9.28. The minimum atomic E-state index is -3.59. The zero-order valence-electron chi connectivity index (χ0n) is 15.2. The van der Waals surface area contributed by atoms with Crippen LogP contribution in [0.3, 0.4) is 0 Å². The van der Waals surface area contributed by atoms with Gasteiger partial charge in [-0.25, -0.2) is 16.8 Å². The van der Waals surface area contributed by atoms with Crippen LogP contribution in [-0.4, -0.2) is 39.9 Å². The zero-order valence-corrected chi connectivity index (χ0v) is 16.8. The molecule has 0 amide bonds. The van der Waals surface area contributed by atoms with E-state index in [1.165, 1.54) is 0 Å². The number of fused-ring (bicyclic) bond motifs is 1. The average molecular weight is 423 g/mol. The van der Waals surface area contributed by atoms with Crippen molar-refractivity contribution in [2.24, 2.45) is 0 Å². The van der Waals surface area contributed by atoms with Crippen LogP contribution in [0, 0.1) is 0 Å². The third kappa shape index (κ3) is 3.61. The Morgan fingerprint density at radius 3 is 1.29 bits per heavy atom. The lowest BCUT2D eigenvalue weighted by molar-refractivity contribution is -0.153. The molecule has 0 N–H and O–H groups in total. The number of hydrogen-bond donors (Lipinski definition) is 0. The molecule has 4 atom stereocenters. The second-order valence-electron chi connectivity index (χ2n) is 7.08. The second kappa shape index (κ2) is 7.59. The van der Waals surface area contributed by atoms with Crippen LogP contribution in [0.25, 0.3) is 0 Å². The SMILES string of the molecule is O=S(=O)(c1ccccc1)C1CC[C@H]2O[C@H](S(=O)(=O)c3ccccc3)CC[C@H]2O1. The van der Waals surface area contributed by atoms with E-state index in [1.54, 1.807) is 60.7 Å². The van der Waals surface area contributed by atoms with Crippen LogP contribution in [0.2, 0.25) is 0 Å². The molecule has 0 bridgehead atoms. The Morgan fingerprint density at radius 2 is 0.929 bits per heavy atom. The molecule has 150 valence electrons. The average Bonchev–Trinajstić information content (AvgIpc) is 2.74. The van der Waals surface area contributed by atoms with Crippen molar-refractivity contribution in [3.63, 3.8) is 0 Å². The van der Waals surface area contributed by atoms with Crippen LogP contribution >= 0.6 is 0 Å². The number of benzene rings is 2. The summed E-state index contributed by atoms with van der Waals surface area (Å²) in [6.07, 6.45) is 0.608. The van der Waals surface area contributed by atoms with Gasteiger partial charge in [0, 0.05) is 0 Å². The summed E-state index contributed by atoms with van der Waals surface area (Å²) in [4.78, 5) is 0.472. The quantitative estimate of drug-likeness (QED) is 0.753. The van der Waals surface area contributed by atoms with Crippen molar-refractivity contribution in [3.05, 3.63) is 60.7 Å². The fraction of sp³-hybridized carbons (Fsp3) is 0.400. The van der Waals surface area contributed by atoms with Crippen LogP contribution in [0.15, 0.2) is 70.5 Å². The first-order chi connectivity index (χ1) is 13.4. The highest BCUT2D eigenvalue weighted by Gasteiger charge is 2.44. The Balaban J connectivity index is 1.47. The van der Waals surface area contributed by atoms with E-state index < -0.39 is 42.8 Å². The van der Waals surface area contributed by atoms with Gasteiger partial charge in [0.15, 0.2) is 10.9 Å². The van der Waals surface area contributed by atoms with Crippen molar-refractivity contribution in [3.8, 4) is 0 Å². The van der Waals surface area contributed by atoms with Gasteiger partial charge in [-0.3, -0.25) is 0 Å². The van der Waals surface area contributed by atoms with Gasteiger partial charge in [0.2, 0.25) is 19.7 Å². The third-order valence-corrected chi connectivity index (χ3v) is 9.21. The van der Waals surface area contributed by atoms with Gasteiger partial charge >= 0.3 is 0 Å². The van der Waals surface area contributed by atoms with Gasteiger partial charge in [0.05, 0.1) is 22.0 Å². The monoisotopic (exact) mass is 422 g/mol. The van der Waals surface area contributed by atoms with Gasteiger partial charge in [-0.15, -0.1) is 0 Å². The Morgan fingerprint density at radius 1 is 0.571 bits per heavy atom. The molecule has 2 aromatic carbocycles. The summed E-state index contributed by atoms with van der Waals surface area (Å²) in [6, 6.07) is 16.5. The van der Waals surface area contributed by atoms with Crippen molar-refractivity contribution >= 4 is 19.7 Å². The van der Waals surface area contributed by atoms with Crippen molar-refractivity contribution in [2.75, 3.05) is 0 Å². The maximum atomic E-state index is 12.8. The minimum absolute atomic E-state index is 0.236. The summed E-state index contributed by atoms with van der Waals surface area (Å²) in [7, 11) is -7.19. The summed E-state index contributed by atoms with van der Waals surface area (Å²) >= 11 is 0. The van der Waals surface area contributed by atoms with Crippen molar-refractivity contribution < 1.29 is 26.3 Å². The fourth-order valence-corrected chi connectivity index (χ4v) is 6.94. The van der Waals surface area contributed by atoms with E-state index in [9.17, 15) is 16.8 Å². The Kier molecular flexibility index (Phi) is 5.30. The topological polar surface area (TPSA) is 86.7 Å². The largest absolute Gasteiger partial charge is 0.356 e. The molecular formula is C20H22O6S2. The molecule has 2 aliphatic rings.